The molecule has 0 saturated carbocycles. The molecule has 0 atom stereocenters. The highest BCUT2D eigenvalue weighted by atomic mass is 32.3. The highest BCUT2D eigenvalue weighted by Crippen LogP contribution is 2.27. The molecule has 0 unspecified atom stereocenters. The van der Waals surface area contributed by atoms with E-state index in [-0.39, 0.29) is 16.3 Å². The first-order chi connectivity index (χ1) is 10.5. The lowest BCUT2D eigenvalue weighted by molar-refractivity contribution is 0.462. The van der Waals surface area contributed by atoms with E-state index >= 15 is 0 Å². The normalized spacial score (nSPS) is 12.2. The van der Waals surface area contributed by atoms with E-state index in [1.54, 1.807) is 6.92 Å². The van der Waals surface area contributed by atoms with Crippen LogP contribution in [0.3, 0.4) is 0 Å². The molecule has 0 amide bonds. The van der Waals surface area contributed by atoms with Crippen LogP contribution in [0.15, 0.2) is 46.2 Å². The minimum atomic E-state index is -4.64. The Labute approximate surface area is 134 Å². The Hall–Kier alpha value is -2.30. The van der Waals surface area contributed by atoms with Crippen LogP contribution in [0, 0.1) is 6.92 Å². The minimum absolute atomic E-state index is 0.214. The lowest BCUT2D eigenvalue weighted by Crippen LogP contribution is -2.16. The number of benzene rings is 2. The summed E-state index contributed by atoms with van der Waals surface area (Å²) in [5, 5.41) is 0. The van der Waals surface area contributed by atoms with Gasteiger partial charge in [0.1, 0.15) is 4.90 Å². The summed E-state index contributed by atoms with van der Waals surface area (Å²) in [5.41, 5.74) is 17.5. The third-order valence-corrected chi connectivity index (χ3v) is 6.19. The average Bonchev–Trinajstić information content (AvgIpc) is 2.40. The van der Waals surface area contributed by atoms with E-state index in [0.29, 0.717) is 11.3 Å². The third-order valence-electron chi connectivity index (χ3n) is 3.01. The van der Waals surface area contributed by atoms with Crippen molar-refractivity contribution in [3.63, 3.8) is 0 Å². The number of rotatable bonds is 4. The molecule has 2 aromatic rings. The standard InChI is InChI=1S/C13H15N3O5S2/c1-8-6-10(3-4-11(8)15)22(17,18)21-23(19,20)13-5-2-9(14)7-12(13)16/h2-7H,14-16H2,1H3. The van der Waals surface area contributed by atoms with Crippen molar-refractivity contribution in [2.45, 2.75) is 16.7 Å². The van der Waals surface area contributed by atoms with E-state index in [4.69, 9.17) is 17.2 Å². The van der Waals surface area contributed by atoms with E-state index in [9.17, 15) is 16.8 Å². The van der Waals surface area contributed by atoms with Crippen molar-refractivity contribution in [3.05, 3.63) is 42.0 Å². The van der Waals surface area contributed by atoms with Crippen LogP contribution in [0.2, 0.25) is 0 Å². The molecular weight excluding hydrogens is 342 g/mol. The van der Waals surface area contributed by atoms with Crippen LogP contribution in [0.25, 0.3) is 0 Å². The second kappa shape index (κ2) is 5.72. The lowest BCUT2D eigenvalue weighted by Gasteiger charge is -2.10. The maximum atomic E-state index is 12.2. The zero-order valence-corrected chi connectivity index (χ0v) is 13.7. The molecule has 0 spiro atoms. The van der Waals surface area contributed by atoms with Gasteiger partial charge in [0.05, 0.1) is 10.6 Å². The molecule has 0 aliphatic heterocycles. The fourth-order valence-corrected chi connectivity index (χ4v) is 4.48. The van der Waals surface area contributed by atoms with Gasteiger partial charge in [0.25, 0.3) is 0 Å². The highest BCUT2D eigenvalue weighted by Gasteiger charge is 2.28. The molecule has 0 aliphatic carbocycles. The molecule has 0 bridgehead atoms. The number of hydrogen-bond acceptors (Lipinski definition) is 8. The Bertz CT molecular complexity index is 969. The summed E-state index contributed by atoms with van der Waals surface area (Å²) in [6, 6.07) is 7.24. The van der Waals surface area contributed by atoms with E-state index < -0.39 is 25.1 Å². The van der Waals surface area contributed by atoms with E-state index in [0.717, 1.165) is 12.1 Å². The van der Waals surface area contributed by atoms with Crippen LogP contribution in [0.5, 0.6) is 0 Å². The van der Waals surface area contributed by atoms with Gasteiger partial charge in [0.2, 0.25) is 0 Å². The first kappa shape index (κ1) is 17.1. The van der Waals surface area contributed by atoms with Gasteiger partial charge in [0, 0.05) is 11.4 Å². The van der Waals surface area contributed by atoms with Gasteiger partial charge in [-0.25, -0.2) is 0 Å². The molecule has 0 radical (unpaired) electrons. The molecule has 10 heteroatoms. The molecule has 6 N–H and O–H groups in total. The molecule has 23 heavy (non-hydrogen) atoms. The van der Waals surface area contributed by atoms with Crippen molar-refractivity contribution in [2.75, 3.05) is 17.2 Å². The number of nitrogen functional groups attached to an aromatic ring is 3. The van der Waals surface area contributed by atoms with E-state index in [2.05, 4.69) is 3.63 Å². The van der Waals surface area contributed by atoms with Crippen molar-refractivity contribution in [3.8, 4) is 0 Å². The van der Waals surface area contributed by atoms with Crippen LogP contribution in [-0.4, -0.2) is 16.8 Å². The Balaban J connectivity index is 2.44. The zero-order chi connectivity index (χ0) is 17.4. The largest absolute Gasteiger partial charge is 0.399 e. The molecule has 0 heterocycles. The summed E-state index contributed by atoms with van der Waals surface area (Å²) >= 11 is 0. The monoisotopic (exact) mass is 357 g/mol. The Morgan fingerprint density at radius 1 is 0.826 bits per heavy atom. The second-order valence-electron chi connectivity index (χ2n) is 4.79. The van der Waals surface area contributed by atoms with Crippen molar-refractivity contribution in [2.24, 2.45) is 0 Å². The van der Waals surface area contributed by atoms with Gasteiger partial charge in [-0.3, -0.25) is 0 Å². The third kappa shape index (κ3) is 3.55. The predicted octanol–water partition coefficient (Wildman–Crippen LogP) is 0.836. The molecule has 0 aliphatic rings. The topological polar surface area (TPSA) is 156 Å². The smallest absolute Gasteiger partial charge is 0.313 e. The molecule has 124 valence electrons. The van der Waals surface area contributed by atoms with Gasteiger partial charge in [-0.05, 0) is 48.9 Å². The fraction of sp³-hybridized carbons (Fsp3) is 0.0769. The summed E-state index contributed by atoms with van der Waals surface area (Å²) in [6.45, 7) is 1.58. The summed E-state index contributed by atoms with van der Waals surface area (Å²) in [5.74, 6) is 0. The van der Waals surface area contributed by atoms with E-state index in [1.807, 2.05) is 0 Å². The number of aryl methyl sites for hydroxylation is 1. The lowest BCUT2D eigenvalue weighted by atomic mass is 10.2. The quantitative estimate of drug-likeness (QED) is 0.679. The zero-order valence-electron chi connectivity index (χ0n) is 12.1. The molecule has 0 saturated heterocycles. The average molecular weight is 357 g/mol. The summed E-state index contributed by atoms with van der Waals surface area (Å²) in [4.78, 5) is -0.816. The van der Waals surface area contributed by atoms with Crippen molar-refractivity contribution in [1.29, 1.82) is 0 Å². The van der Waals surface area contributed by atoms with Crippen LogP contribution in [-0.2, 0) is 23.9 Å². The maximum absolute atomic E-state index is 12.2. The molecule has 2 aromatic carbocycles. The van der Waals surface area contributed by atoms with Crippen molar-refractivity contribution >= 4 is 37.3 Å². The predicted molar refractivity (Wildman–Crippen MR) is 86.3 cm³/mol. The Morgan fingerprint density at radius 2 is 1.48 bits per heavy atom. The van der Waals surface area contributed by atoms with Gasteiger partial charge in [-0.15, -0.1) is 3.63 Å². The molecule has 8 nitrogen and oxygen atoms in total. The SMILES string of the molecule is Cc1cc(S(=O)(=O)OS(=O)(=O)c2ccc(N)cc2N)ccc1N. The summed E-state index contributed by atoms with van der Waals surface area (Å²) in [7, 11) is -9.20. The van der Waals surface area contributed by atoms with Gasteiger partial charge in [0.15, 0.2) is 0 Å². The maximum Gasteiger partial charge on any atom is 0.313 e. The van der Waals surface area contributed by atoms with Crippen LogP contribution in [0.1, 0.15) is 5.56 Å². The number of hydrogen-bond donors (Lipinski definition) is 3. The van der Waals surface area contributed by atoms with Crippen LogP contribution >= 0.6 is 0 Å². The molecule has 0 fully saturated rings. The van der Waals surface area contributed by atoms with Crippen molar-refractivity contribution < 1.29 is 20.5 Å². The summed E-state index contributed by atoms with van der Waals surface area (Å²) in [6.07, 6.45) is 0. The summed E-state index contributed by atoms with van der Waals surface area (Å²) < 4.78 is 53.0. The van der Waals surface area contributed by atoms with Crippen LogP contribution < -0.4 is 17.2 Å². The van der Waals surface area contributed by atoms with Gasteiger partial charge in [-0.1, -0.05) is 0 Å². The van der Waals surface area contributed by atoms with Crippen LogP contribution in [0.4, 0.5) is 17.1 Å². The Morgan fingerprint density at radius 3 is 2.04 bits per heavy atom. The minimum Gasteiger partial charge on any atom is -0.399 e. The molecular formula is C13H15N3O5S2. The number of anilines is 3. The molecule has 0 aromatic heterocycles. The first-order valence-corrected chi connectivity index (χ1v) is 9.07. The van der Waals surface area contributed by atoms with Gasteiger partial charge in [-0.2, -0.15) is 16.8 Å². The number of nitrogens with two attached hydrogens (primary N) is 3. The Kier molecular flexibility index (Phi) is 4.24. The highest BCUT2D eigenvalue weighted by molar-refractivity contribution is 8.00. The van der Waals surface area contributed by atoms with Crippen molar-refractivity contribution in [1.82, 2.24) is 0 Å². The molecule has 2 rings (SSSR count). The second-order valence-corrected chi connectivity index (χ2v) is 8.06. The van der Waals surface area contributed by atoms with Gasteiger partial charge >= 0.3 is 20.2 Å². The van der Waals surface area contributed by atoms with Gasteiger partial charge < -0.3 is 17.2 Å². The fourth-order valence-electron chi connectivity index (χ4n) is 1.79. The van der Waals surface area contributed by atoms with E-state index in [1.165, 1.54) is 24.3 Å². The first-order valence-electron chi connectivity index (χ1n) is 6.25.